The average Bonchev–Trinajstić information content (AvgIpc) is 3.37. The lowest BCUT2D eigenvalue weighted by Gasteiger charge is -2.15. The maximum atomic E-state index is 12.5. The largest absolute Gasteiger partial charge is 0.343 e. The molecule has 7 heteroatoms. The number of carbonyl (C=O) groups excluding carboxylic acids is 2. The van der Waals surface area contributed by atoms with Crippen LogP contribution >= 0.6 is 0 Å². The molecule has 0 unspecified atom stereocenters. The van der Waals surface area contributed by atoms with Crippen LogP contribution < -0.4 is 10.6 Å². The number of hydrogen-bond donors (Lipinski definition) is 3. The van der Waals surface area contributed by atoms with Gasteiger partial charge in [-0.15, -0.1) is 0 Å². The second kappa shape index (κ2) is 7.92. The number of aromatic amines is 1. The van der Waals surface area contributed by atoms with Crippen LogP contribution in [0.25, 0.3) is 0 Å². The number of H-pyrrole nitrogens is 1. The van der Waals surface area contributed by atoms with E-state index in [9.17, 15) is 9.59 Å². The fraction of sp³-hybridized carbons (Fsp3) is 0.450. The molecular formula is C20H25N5O2. The number of aromatic nitrogens is 2. The lowest BCUT2D eigenvalue weighted by atomic mass is 10.1. The minimum atomic E-state index is -0.201. The lowest BCUT2D eigenvalue weighted by Crippen LogP contribution is -2.27. The Morgan fingerprint density at radius 2 is 1.93 bits per heavy atom. The third kappa shape index (κ3) is 4.03. The highest BCUT2D eigenvalue weighted by molar-refractivity contribution is 6.04. The van der Waals surface area contributed by atoms with Crippen LogP contribution in [0.4, 0.5) is 5.69 Å². The minimum absolute atomic E-state index is 0.201. The molecule has 4 rings (SSSR count). The van der Waals surface area contributed by atoms with E-state index in [1.165, 1.54) is 0 Å². The Morgan fingerprint density at radius 1 is 1.15 bits per heavy atom. The Morgan fingerprint density at radius 3 is 2.70 bits per heavy atom. The van der Waals surface area contributed by atoms with E-state index < -0.39 is 0 Å². The number of fused-ring (bicyclic) bond motifs is 1. The van der Waals surface area contributed by atoms with Crippen LogP contribution in [-0.2, 0) is 24.2 Å². The van der Waals surface area contributed by atoms with Crippen molar-refractivity contribution in [3.05, 3.63) is 46.8 Å². The van der Waals surface area contributed by atoms with Crippen molar-refractivity contribution < 1.29 is 9.59 Å². The molecule has 0 radical (unpaired) electrons. The van der Waals surface area contributed by atoms with E-state index in [1.807, 2.05) is 29.2 Å². The van der Waals surface area contributed by atoms with Gasteiger partial charge in [-0.05, 0) is 37.0 Å². The molecule has 1 saturated heterocycles. The molecule has 1 fully saturated rings. The van der Waals surface area contributed by atoms with Crippen LogP contribution in [0.5, 0.6) is 0 Å². The zero-order valence-electron chi connectivity index (χ0n) is 15.4. The summed E-state index contributed by atoms with van der Waals surface area (Å²) in [6.45, 7) is 3.36. The number of nitrogens with zero attached hydrogens (tertiary/aromatic N) is 2. The van der Waals surface area contributed by atoms with Crippen molar-refractivity contribution in [3.8, 4) is 0 Å². The Kier molecular flexibility index (Phi) is 5.20. The first-order valence-corrected chi connectivity index (χ1v) is 9.65. The third-order valence-electron chi connectivity index (χ3n) is 5.32. The molecule has 27 heavy (non-hydrogen) atoms. The number of rotatable bonds is 5. The zero-order chi connectivity index (χ0) is 18.6. The SMILES string of the molecule is O=C(Nc1ccc(CCC(=O)N2CCCC2)cc1)c1n[nH]c2c1CNCC2. The van der Waals surface area contributed by atoms with Gasteiger partial charge in [-0.2, -0.15) is 5.10 Å². The summed E-state index contributed by atoms with van der Waals surface area (Å²) in [5, 5.41) is 13.3. The Bertz CT molecular complexity index is 821. The highest BCUT2D eigenvalue weighted by Crippen LogP contribution is 2.18. The van der Waals surface area contributed by atoms with Gasteiger partial charge in [0.2, 0.25) is 5.91 Å². The maximum Gasteiger partial charge on any atom is 0.276 e. The summed E-state index contributed by atoms with van der Waals surface area (Å²) in [5.41, 5.74) is 4.28. The number of carbonyl (C=O) groups is 2. The number of benzene rings is 1. The number of aryl methyl sites for hydroxylation is 1. The molecule has 1 aromatic heterocycles. The lowest BCUT2D eigenvalue weighted by molar-refractivity contribution is -0.130. The fourth-order valence-electron chi connectivity index (χ4n) is 3.73. The van der Waals surface area contributed by atoms with Crippen molar-refractivity contribution >= 4 is 17.5 Å². The van der Waals surface area contributed by atoms with Gasteiger partial charge in [-0.1, -0.05) is 12.1 Å². The summed E-state index contributed by atoms with van der Waals surface area (Å²) in [7, 11) is 0. The first-order chi connectivity index (χ1) is 13.2. The Balaban J connectivity index is 1.33. The van der Waals surface area contributed by atoms with Crippen molar-refractivity contribution in [1.82, 2.24) is 20.4 Å². The van der Waals surface area contributed by atoms with Crippen LogP contribution in [0.15, 0.2) is 24.3 Å². The summed E-state index contributed by atoms with van der Waals surface area (Å²) in [6.07, 6.45) is 4.37. The van der Waals surface area contributed by atoms with Gasteiger partial charge in [0.05, 0.1) is 0 Å². The van der Waals surface area contributed by atoms with Crippen molar-refractivity contribution in [2.45, 2.75) is 38.6 Å². The predicted molar refractivity (Wildman–Crippen MR) is 103 cm³/mol. The molecule has 7 nitrogen and oxygen atoms in total. The fourth-order valence-corrected chi connectivity index (χ4v) is 3.73. The molecule has 0 atom stereocenters. The Labute approximate surface area is 158 Å². The highest BCUT2D eigenvalue weighted by Gasteiger charge is 2.21. The smallest absolute Gasteiger partial charge is 0.276 e. The number of amides is 2. The molecule has 3 heterocycles. The summed E-state index contributed by atoms with van der Waals surface area (Å²) >= 11 is 0. The molecule has 2 aromatic rings. The maximum absolute atomic E-state index is 12.5. The second-order valence-corrected chi connectivity index (χ2v) is 7.20. The summed E-state index contributed by atoms with van der Waals surface area (Å²) in [6, 6.07) is 7.69. The van der Waals surface area contributed by atoms with Crippen molar-refractivity contribution in [3.63, 3.8) is 0 Å². The first-order valence-electron chi connectivity index (χ1n) is 9.65. The van der Waals surface area contributed by atoms with Crippen LogP contribution in [-0.4, -0.2) is 46.5 Å². The van der Waals surface area contributed by atoms with E-state index >= 15 is 0 Å². The summed E-state index contributed by atoms with van der Waals surface area (Å²) in [5.74, 6) is 0.0370. The van der Waals surface area contributed by atoms with Crippen molar-refractivity contribution in [2.24, 2.45) is 0 Å². The van der Waals surface area contributed by atoms with E-state index in [-0.39, 0.29) is 11.8 Å². The first kappa shape index (κ1) is 17.7. The van der Waals surface area contributed by atoms with E-state index in [2.05, 4.69) is 20.8 Å². The number of hydrogen-bond acceptors (Lipinski definition) is 4. The highest BCUT2D eigenvalue weighted by atomic mass is 16.2. The van der Waals surface area contributed by atoms with Crippen LogP contribution in [0.2, 0.25) is 0 Å². The van der Waals surface area contributed by atoms with E-state index in [0.29, 0.717) is 18.7 Å². The van der Waals surface area contributed by atoms with Gasteiger partial charge in [0.15, 0.2) is 5.69 Å². The Hall–Kier alpha value is -2.67. The molecule has 2 amide bonds. The van der Waals surface area contributed by atoms with Crippen LogP contribution in [0.3, 0.4) is 0 Å². The van der Waals surface area contributed by atoms with Gasteiger partial charge in [0, 0.05) is 56.0 Å². The normalized spacial score (nSPS) is 16.2. The number of nitrogens with one attached hydrogen (secondary N) is 3. The predicted octanol–water partition coefficient (Wildman–Crippen LogP) is 1.86. The van der Waals surface area contributed by atoms with Crippen molar-refractivity contribution in [2.75, 3.05) is 25.0 Å². The third-order valence-corrected chi connectivity index (χ3v) is 5.32. The standard InChI is InChI=1S/C20H25N5O2/c26-18(25-11-1-2-12-25)8-5-14-3-6-15(7-4-14)22-20(27)19-16-13-21-10-9-17(16)23-24-19/h3-4,6-7,21H,1-2,5,8-13H2,(H,22,27)(H,23,24). The molecule has 0 bridgehead atoms. The second-order valence-electron chi connectivity index (χ2n) is 7.20. The van der Waals surface area contributed by atoms with E-state index in [0.717, 1.165) is 67.8 Å². The van der Waals surface area contributed by atoms with Gasteiger partial charge < -0.3 is 15.5 Å². The van der Waals surface area contributed by atoms with Gasteiger partial charge >= 0.3 is 0 Å². The number of anilines is 1. The molecule has 0 spiro atoms. The van der Waals surface area contributed by atoms with Gasteiger partial charge in [0.1, 0.15) is 0 Å². The topological polar surface area (TPSA) is 90.1 Å². The quantitative estimate of drug-likeness (QED) is 0.752. The average molecular weight is 367 g/mol. The molecule has 0 aliphatic carbocycles. The van der Waals surface area contributed by atoms with Gasteiger partial charge in [-0.25, -0.2) is 0 Å². The van der Waals surface area contributed by atoms with Gasteiger partial charge in [-0.3, -0.25) is 14.7 Å². The van der Waals surface area contributed by atoms with Crippen LogP contribution in [0.1, 0.15) is 46.6 Å². The molecule has 2 aliphatic rings. The molecule has 142 valence electrons. The number of likely N-dealkylation sites (tertiary alicyclic amines) is 1. The van der Waals surface area contributed by atoms with E-state index in [4.69, 9.17) is 0 Å². The van der Waals surface area contributed by atoms with Crippen molar-refractivity contribution in [1.29, 1.82) is 0 Å². The zero-order valence-corrected chi connectivity index (χ0v) is 15.4. The molecule has 2 aliphatic heterocycles. The van der Waals surface area contributed by atoms with Gasteiger partial charge in [0.25, 0.3) is 5.91 Å². The summed E-state index contributed by atoms with van der Waals surface area (Å²) in [4.78, 5) is 26.6. The van der Waals surface area contributed by atoms with E-state index in [1.54, 1.807) is 0 Å². The molecule has 3 N–H and O–H groups in total. The molecule has 0 saturated carbocycles. The summed E-state index contributed by atoms with van der Waals surface area (Å²) < 4.78 is 0. The molecular weight excluding hydrogens is 342 g/mol. The monoisotopic (exact) mass is 367 g/mol. The minimum Gasteiger partial charge on any atom is -0.343 e. The van der Waals surface area contributed by atoms with Crippen LogP contribution in [0, 0.1) is 0 Å². The molecule has 1 aromatic carbocycles.